The predicted octanol–water partition coefficient (Wildman–Crippen LogP) is 12.3. The summed E-state index contributed by atoms with van der Waals surface area (Å²) in [5.41, 5.74) is 5.87. The lowest BCUT2D eigenvalue weighted by Crippen LogP contribution is -2.10. The molecular formula is C39H50N2O2S. The van der Waals surface area contributed by atoms with E-state index < -0.39 is 0 Å². The topological polar surface area (TPSA) is 26.6 Å². The average Bonchev–Trinajstić information content (AvgIpc) is 3.64. The van der Waals surface area contributed by atoms with Crippen molar-refractivity contribution >= 4 is 49.5 Å². The summed E-state index contributed by atoms with van der Waals surface area (Å²) >= 11 is 1.81. The van der Waals surface area contributed by atoms with E-state index in [-0.39, 0.29) is 0 Å². The van der Waals surface area contributed by atoms with Crippen molar-refractivity contribution in [1.29, 1.82) is 0 Å². The molecule has 44 heavy (non-hydrogen) atoms. The highest BCUT2D eigenvalue weighted by molar-refractivity contribution is 7.18. The van der Waals surface area contributed by atoms with Gasteiger partial charge in [0.25, 0.3) is 0 Å². The van der Waals surface area contributed by atoms with Crippen LogP contribution in [0, 0.1) is 0 Å². The number of rotatable bonds is 19. The number of nitrogens with zero attached hydrogens (tertiary/aromatic N) is 2. The van der Waals surface area contributed by atoms with Crippen molar-refractivity contribution in [3.05, 3.63) is 78.2 Å². The number of unbranched alkanes of at least 4 members (excludes halogenated alkanes) is 10. The van der Waals surface area contributed by atoms with E-state index in [1.165, 1.54) is 85.3 Å². The molecule has 0 saturated heterocycles. The number of benzene rings is 3. The fourth-order valence-corrected chi connectivity index (χ4v) is 6.96. The zero-order chi connectivity index (χ0) is 30.6. The molecule has 0 saturated carbocycles. The molecule has 0 fully saturated rings. The van der Waals surface area contributed by atoms with Crippen molar-refractivity contribution in [2.75, 3.05) is 18.1 Å². The highest BCUT2D eigenvalue weighted by Gasteiger charge is 2.16. The summed E-state index contributed by atoms with van der Waals surface area (Å²) in [6, 6.07) is 26.2. The Morgan fingerprint density at radius 1 is 0.568 bits per heavy atom. The molecule has 0 spiro atoms. The van der Waals surface area contributed by atoms with Gasteiger partial charge in [-0.25, -0.2) is 0 Å². The van der Waals surface area contributed by atoms with Crippen molar-refractivity contribution in [3.8, 4) is 11.5 Å². The van der Waals surface area contributed by atoms with Gasteiger partial charge in [0.1, 0.15) is 11.5 Å². The molecular weight excluding hydrogens is 561 g/mol. The maximum atomic E-state index is 6.11. The van der Waals surface area contributed by atoms with Gasteiger partial charge in [0.05, 0.1) is 28.9 Å². The van der Waals surface area contributed by atoms with Gasteiger partial charge in [0.15, 0.2) is 0 Å². The smallest absolute Gasteiger partial charge is 0.119 e. The average molecular weight is 611 g/mol. The van der Waals surface area contributed by atoms with Gasteiger partial charge >= 0.3 is 0 Å². The van der Waals surface area contributed by atoms with Crippen molar-refractivity contribution in [3.63, 3.8) is 0 Å². The van der Waals surface area contributed by atoms with E-state index >= 15 is 0 Å². The fourth-order valence-electron chi connectivity index (χ4n) is 6.00. The maximum Gasteiger partial charge on any atom is 0.119 e. The second kappa shape index (κ2) is 16.6. The number of anilines is 3. The number of hydrogen-bond acceptors (Lipinski definition) is 4. The largest absolute Gasteiger partial charge is 0.494 e. The van der Waals surface area contributed by atoms with Gasteiger partial charge in [-0.15, -0.1) is 11.3 Å². The number of fused-ring (bicyclic) bond motifs is 3. The summed E-state index contributed by atoms with van der Waals surface area (Å²) in [6.45, 7) is 6.07. The van der Waals surface area contributed by atoms with Gasteiger partial charge in [-0.3, -0.25) is 0 Å². The summed E-state index contributed by atoms with van der Waals surface area (Å²) < 4.78 is 15.9. The van der Waals surface area contributed by atoms with Crippen molar-refractivity contribution < 1.29 is 9.47 Å². The van der Waals surface area contributed by atoms with Crippen LogP contribution in [0.3, 0.4) is 0 Å². The highest BCUT2D eigenvalue weighted by Crippen LogP contribution is 2.40. The summed E-state index contributed by atoms with van der Waals surface area (Å²) in [6.07, 6.45) is 15.2. The normalized spacial score (nSPS) is 11.4. The van der Waals surface area contributed by atoms with Crippen LogP contribution in [0.4, 0.5) is 17.1 Å². The van der Waals surface area contributed by atoms with Gasteiger partial charge < -0.3 is 18.9 Å². The van der Waals surface area contributed by atoms with Crippen LogP contribution in [0.15, 0.2) is 78.2 Å². The third kappa shape index (κ3) is 8.18. The Morgan fingerprint density at radius 3 is 1.61 bits per heavy atom. The minimum Gasteiger partial charge on any atom is -0.494 e. The molecule has 0 aliphatic carbocycles. The second-order valence-electron chi connectivity index (χ2n) is 12.0. The number of hydrogen-bond donors (Lipinski definition) is 0. The minimum absolute atomic E-state index is 0.774. The van der Waals surface area contributed by atoms with E-state index in [4.69, 9.17) is 9.47 Å². The summed E-state index contributed by atoms with van der Waals surface area (Å²) in [5.74, 6) is 1.86. The summed E-state index contributed by atoms with van der Waals surface area (Å²) in [7, 11) is 2.16. The molecule has 2 heterocycles. The lowest BCUT2D eigenvalue weighted by molar-refractivity contribution is 0.304. The molecule has 4 nitrogen and oxygen atoms in total. The van der Waals surface area contributed by atoms with Crippen molar-refractivity contribution in [2.45, 2.75) is 90.9 Å². The number of aryl methyl sites for hydroxylation is 1. The molecule has 0 unspecified atom stereocenters. The lowest BCUT2D eigenvalue weighted by atomic mass is 10.1. The van der Waals surface area contributed by atoms with E-state index in [1.807, 2.05) is 11.3 Å². The van der Waals surface area contributed by atoms with Crippen molar-refractivity contribution in [2.24, 2.45) is 7.05 Å². The van der Waals surface area contributed by atoms with Crippen molar-refractivity contribution in [1.82, 2.24) is 4.57 Å². The van der Waals surface area contributed by atoms with Gasteiger partial charge in [-0.1, -0.05) is 78.1 Å². The van der Waals surface area contributed by atoms with E-state index in [0.717, 1.165) is 54.6 Å². The van der Waals surface area contributed by atoms with Crippen LogP contribution in [0.2, 0.25) is 0 Å². The number of thiophene rings is 1. The lowest BCUT2D eigenvalue weighted by Gasteiger charge is -2.26. The Hall–Kier alpha value is -3.44. The van der Waals surface area contributed by atoms with Crippen LogP contribution in [-0.2, 0) is 7.05 Å². The first-order valence-corrected chi connectivity index (χ1v) is 17.8. The van der Waals surface area contributed by atoms with Crippen LogP contribution in [-0.4, -0.2) is 17.8 Å². The molecule has 5 heteroatoms. The monoisotopic (exact) mass is 610 g/mol. The Labute approximate surface area is 268 Å². The first kappa shape index (κ1) is 32.0. The first-order valence-electron chi connectivity index (χ1n) is 16.9. The second-order valence-corrected chi connectivity index (χ2v) is 12.9. The fraction of sp³-hybridized carbons (Fsp3) is 0.436. The predicted molar refractivity (Wildman–Crippen MR) is 191 cm³/mol. The molecule has 5 aromatic rings. The Balaban J connectivity index is 1.31. The molecule has 5 rings (SSSR count). The zero-order valence-corrected chi connectivity index (χ0v) is 27.8. The molecule has 2 aromatic heterocycles. The molecule has 0 N–H and O–H groups in total. The molecule has 0 amide bonds. The maximum absolute atomic E-state index is 6.11. The van der Waals surface area contributed by atoms with Crippen LogP contribution >= 0.6 is 11.3 Å². The first-order chi connectivity index (χ1) is 21.7. The van der Waals surface area contributed by atoms with Crippen LogP contribution in [0.25, 0.3) is 21.1 Å². The van der Waals surface area contributed by atoms with Crippen LogP contribution < -0.4 is 14.4 Å². The molecule has 0 radical (unpaired) electrons. The molecule has 234 valence electrons. The third-order valence-electron chi connectivity index (χ3n) is 8.57. The van der Waals surface area contributed by atoms with E-state index in [2.05, 4.69) is 109 Å². The number of aromatic nitrogens is 1. The van der Waals surface area contributed by atoms with Gasteiger partial charge in [0, 0.05) is 29.5 Å². The third-order valence-corrected chi connectivity index (χ3v) is 9.51. The zero-order valence-electron chi connectivity index (χ0n) is 27.0. The molecule has 0 aliphatic heterocycles. The Bertz CT molecular complexity index is 1490. The van der Waals surface area contributed by atoms with E-state index in [0.29, 0.717) is 0 Å². The quantitative estimate of drug-likeness (QED) is 0.0870. The molecule has 3 aromatic carbocycles. The molecule has 0 atom stereocenters. The molecule has 0 aliphatic rings. The van der Waals surface area contributed by atoms with E-state index in [9.17, 15) is 0 Å². The number of ether oxygens (including phenoxy) is 2. The highest BCUT2D eigenvalue weighted by atomic mass is 32.1. The molecule has 0 bridgehead atoms. The SMILES string of the molecule is CCCCCCCCOc1ccc(N(c2ccc(OCCCCCCCC)cc2)c2ccc3c4sccc4n(C)c3c2)cc1. The summed E-state index contributed by atoms with van der Waals surface area (Å²) in [4.78, 5) is 2.33. The summed E-state index contributed by atoms with van der Waals surface area (Å²) in [5, 5.41) is 3.48. The van der Waals surface area contributed by atoms with Crippen LogP contribution in [0.1, 0.15) is 90.9 Å². The van der Waals surface area contributed by atoms with Gasteiger partial charge in [0.2, 0.25) is 0 Å². The standard InChI is InChI=1S/C39H50N2O2S/c1-4-6-8-10-12-14-27-42-34-21-16-31(17-22-34)41(32-18-23-35(24-19-32)43-28-15-13-11-9-7-5-2)33-20-25-36-38(30-33)40(3)37-26-29-44-39(36)37/h16-26,29-30H,4-15,27-28H2,1-3H3. The van der Waals surface area contributed by atoms with E-state index in [1.54, 1.807) is 0 Å². The van der Waals surface area contributed by atoms with Crippen LogP contribution in [0.5, 0.6) is 11.5 Å². The Kier molecular flexibility index (Phi) is 12.0. The van der Waals surface area contributed by atoms with Gasteiger partial charge in [-0.05, 0) is 91.0 Å². The van der Waals surface area contributed by atoms with Gasteiger partial charge in [-0.2, -0.15) is 0 Å². The Morgan fingerprint density at radius 2 is 1.07 bits per heavy atom. The minimum atomic E-state index is 0.774.